The summed E-state index contributed by atoms with van der Waals surface area (Å²) in [7, 11) is 0. The highest BCUT2D eigenvalue weighted by molar-refractivity contribution is 5.71. The van der Waals surface area contributed by atoms with Crippen LogP contribution >= 0.6 is 0 Å². The van der Waals surface area contributed by atoms with Crippen LogP contribution in [0.5, 0.6) is 5.75 Å². The monoisotopic (exact) mass is 243 g/mol. The summed E-state index contributed by atoms with van der Waals surface area (Å²) in [6.45, 7) is 5.21. The van der Waals surface area contributed by atoms with Gasteiger partial charge in [-0.25, -0.2) is 13.6 Å². The summed E-state index contributed by atoms with van der Waals surface area (Å²) in [6.07, 6.45) is -0.407. The molecule has 0 aliphatic rings. The Morgan fingerprint density at radius 2 is 2.06 bits per heavy atom. The van der Waals surface area contributed by atoms with Gasteiger partial charge in [-0.05, 0) is 20.3 Å². The molecule has 94 valence electrons. The van der Waals surface area contributed by atoms with Crippen molar-refractivity contribution in [3.8, 4) is 5.75 Å². The third kappa shape index (κ3) is 3.69. The van der Waals surface area contributed by atoms with Crippen LogP contribution in [0.25, 0.3) is 0 Å². The molecule has 0 saturated carbocycles. The summed E-state index contributed by atoms with van der Waals surface area (Å²) in [5.41, 5.74) is 0.185. The van der Waals surface area contributed by atoms with Crippen LogP contribution in [0.15, 0.2) is 12.1 Å². The zero-order chi connectivity index (χ0) is 13.0. The predicted molar refractivity (Wildman–Crippen MR) is 60.0 cm³/mol. The molecule has 1 aromatic rings. The van der Waals surface area contributed by atoms with E-state index in [0.717, 1.165) is 12.1 Å². The van der Waals surface area contributed by atoms with Gasteiger partial charge in [-0.3, -0.25) is 0 Å². The standard InChI is InChI=1S/C12H15F2NO2/c1-4-9-10(14)5-8(13)6-11(9)17-12(16)15-7(2)3/h5-7H,4H2,1-3H3,(H,15,16). The van der Waals surface area contributed by atoms with Gasteiger partial charge >= 0.3 is 6.09 Å². The van der Waals surface area contributed by atoms with E-state index in [2.05, 4.69) is 5.32 Å². The van der Waals surface area contributed by atoms with E-state index in [1.54, 1.807) is 20.8 Å². The first kappa shape index (κ1) is 13.4. The summed E-state index contributed by atoms with van der Waals surface area (Å²) in [5.74, 6) is -1.56. The molecule has 0 radical (unpaired) electrons. The number of carbonyl (C=O) groups is 1. The Hall–Kier alpha value is -1.65. The molecule has 0 fully saturated rings. The molecule has 3 nitrogen and oxygen atoms in total. The Bertz CT molecular complexity index is 419. The van der Waals surface area contributed by atoms with Crippen molar-refractivity contribution in [2.75, 3.05) is 0 Å². The van der Waals surface area contributed by atoms with Crippen molar-refractivity contribution in [3.05, 3.63) is 29.3 Å². The van der Waals surface area contributed by atoms with Gasteiger partial charge in [-0.2, -0.15) is 0 Å². The molecule has 0 unspecified atom stereocenters. The average Bonchev–Trinajstić information content (AvgIpc) is 2.15. The summed E-state index contributed by atoms with van der Waals surface area (Å²) in [6, 6.07) is 1.67. The minimum Gasteiger partial charge on any atom is -0.410 e. The minimum absolute atomic E-state index is 0.0804. The fourth-order valence-electron chi connectivity index (χ4n) is 1.38. The molecule has 5 heteroatoms. The third-order valence-electron chi connectivity index (χ3n) is 2.08. The van der Waals surface area contributed by atoms with Gasteiger partial charge in [0.05, 0.1) is 0 Å². The number of rotatable bonds is 3. The maximum Gasteiger partial charge on any atom is 0.412 e. The van der Waals surface area contributed by atoms with Crippen LogP contribution in [0.1, 0.15) is 26.3 Å². The first-order chi connectivity index (χ1) is 7.93. The molecule has 0 bridgehead atoms. The molecule has 1 N–H and O–H groups in total. The maximum atomic E-state index is 13.4. The highest BCUT2D eigenvalue weighted by Gasteiger charge is 2.14. The van der Waals surface area contributed by atoms with Crippen molar-refractivity contribution >= 4 is 6.09 Å². The first-order valence-electron chi connectivity index (χ1n) is 5.40. The van der Waals surface area contributed by atoms with E-state index in [9.17, 15) is 13.6 Å². The van der Waals surface area contributed by atoms with Crippen LogP contribution in [0, 0.1) is 11.6 Å². The lowest BCUT2D eigenvalue weighted by atomic mass is 10.1. The third-order valence-corrected chi connectivity index (χ3v) is 2.08. The quantitative estimate of drug-likeness (QED) is 0.886. The molecule has 0 spiro atoms. The van der Waals surface area contributed by atoms with Crippen LogP contribution < -0.4 is 10.1 Å². The Labute approximate surface area is 98.8 Å². The first-order valence-corrected chi connectivity index (χ1v) is 5.40. The van der Waals surface area contributed by atoms with Crippen molar-refractivity contribution in [3.63, 3.8) is 0 Å². The second-order valence-corrected chi connectivity index (χ2v) is 3.91. The number of halogens is 2. The van der Waals surface area contributed by atoms with Gasteiger partial charge in [0.25, 0.3) is 0 Å². The number of ether oxygens (including phenoxy) is 1. The van der Waals surface area contributed by atoms with Crippen LogP contribution in [0.3, 0.4) is 0 Å². The molecular weight excluding hydrogens is 228 g/mol. The van der Waals surface area contributed by atoms with E-state index in [1.165, 1.54) is 0 Å². The predicted octanol–water partition coefficient (Wildman–Crippen LogP) is 3.02. The van der Waals surface area contributed by atoms with E-state index in [0.29, 0.717) is 6.42 Å². The average molecular weight is 243 g/mol. The topological polar surface area (TPSA) is 38.3 Å². The molecule has 1 amide bonds. The highest BCUT2D eigenvalue weighted by Crippen LogP contribution is 2.24. The number of carbonyl (C=O) groups excluding carboxylic acids is 1. The SMILES string of the molecule is CCc1c(F)cc(F)cc1OC(=O)NC(C)C. The molecule has 0 heterocycles. The van der Waals surface area contributed by atoms with E-state index in [1.807, 2.05) is 0 Å². The lowest BCUT2D eigenvalue weighted by Gasteiger charge is -2.12. The van der Waals surface area contributed by atoms with E-state index in [-0.39, 0.29) is 17.4 Å². The van der Waals surface area contributed by atoms with Gasteiger partial charge < -0.3 is 10.1 Å². The Morgan fingerprint density at radius 1 is 1.41 bits per heavy atom. The van der Waals surface area contributed by atoms with Crippen LogP contribution in [-0.2, 0) is 6.42 Å². The molecule has 0 aliphatic heterocycles. The molecule has 1 aromatic carbocycles. The normalized spacial score (nSPS) is 10.5. The zero-order valence-corrected chi connectivity index (χ0v) is 10.0. The number of nitrogens with one attached hydrogen (secondary N) is 1. The van der Waals surface area contributed by atoms with Crippen molar-refractivity contribution in [1.82, 2.24) is 5.32 Å². The second kappa shape index (κ2) is 5.61. The molecular formula is C12H15F2NO2. The lowest BCUT2D eigenvalue weighted by Crippen LogP contribution is -2.33. The van der Waals surface area contributed by atoms with Crippen LogP contribution in [-0.4, -0.2) is 12.1 Å². The fraction of sp³-hybridized carbons (Fsp3) is 0.417. The number of benzene rings is 1. The Morgan fingerprint density at radius 3 is 2.59 bits per heavy atom. The summed E-state index contributed by atoms with van der Waals surface area (Å²) in [4.78, 5) is 11.3. The minimum atomic E-state index is -0.771. The molecule has 0 aliphatic carbocycles. The Kier molecular flexibility index (Phi) is 4.43. The van der Waals surface area contributed by atoms with Crippen molar-refractivity contribution < 1.29 is 18.3 Å². The largest absolute Gasteiger partial charge is 0.412 e. The van der Waals surface area contributed by atoms with Crippen molar-refractivity contribution in [2.24, 2.45) is 0 Å². The van der Waals surface area contributed by atoms with E-state index in [4.69, 9.17) is 4.74 Å². The number of hydrogen-bond acceptors (Lipinski definition) is 2. The molecule has 0 saturated heterocycles. The fourth-order valence-corrected chi connectivity index (χ4v) is 1.38. The maximum absolute atomic E-state index is 13.4. The van der Waals surface area contributed by atoms with Gasteiger partial charge in [-0.1, -0.05) is 6.92 Å². The molecule has 17 heavy (non-hydrogen) atoms. The van der Waals surface area contributed by atoms with Crippen LogP contribution in [0.4, 0.5) is 13.6 Å². The molecule has 0 aromatic heterocycles. The molecule has 1 rings (SSSR count). The van der Waals surface area contributed by atoms with Gasteiger partial charge in [0.1, 0.15) is 17.4 Å². The number of amides is 1. The van der Waals surface area contributed by atoms with E-state index < -0.39 is 17.7 Å². The second-order valence-electron chi connectivity index (χ2n) is 3.91. The smallest absolute Gasteiger partial charge is 0.410 e. The van der Waals surface area contributed by atoms with E-state index >= 15 is 0 Å². The van der Waals surface area contributed by atoms with Gasteiger partial charge in [0.15, 0.2) is 0 Å². The van der Waals surface area contributed by atoms with Crippen LogP contribution in [0.2, 0.25) is 0 Å². The summed E-state index contributed by atoms with van der Waals surface area (Å²) >= 11 is 0. The van der Waals surface area contributed by atoms with Gasteiger partial charge in [0, 0.05) is 23.7 Å². The Balaban J connectivity index is 2.93. The summed E-state index contributed by atoms with van der Waals surface area (Å²) < 4.78 is 31.3. The summed E-state index contributed by atoms with van der Waals surface area (Å²) in [5, 5.41) is 2.48. The molecule has 0 atom stereocenters. The number of hydrogen-bond donors (Lipinski definition) is 1. The van der Waals surface area contributed by atoms with Gasteiger partial charge in [0.2, 0.25) is 0 Å². The van der Waals surface area contributed by atoms with Crippen molar-refractivity contribution in [1.29, 1.82) is 0 Å². The zero-order valence-electron chi connectivity index (χ0n) is 10.0. The highest BCUT2D eigenvalue weighted by atomic mass is 19.1. The van der Waals surface area contributed by atoms with Gasteiger partial charge in [-0.15, -0.1) is 0 Å². The van der Waals surface area contributed by atoms with Crippen molar-refractivity contribution in [2.45, 2.75) is 33.2 Å². The lowest BCUT2D eigenvalue weighted by molar-refractivity contribution is 0.197.